The van der Waals surface area contributed by atoms with Crippen LogP contribution in [0.1, 0.15) is 32.8 Å². The van der Waals surface area contributed by atoms with E-state index in [1.807, 2.05) is 13.8 Å². The molecule has 198 valence electrons. The first-order valence-electron chi connectivity index (χ1n) is 11.4. The summed E-state index contributed by atoms with van der Waals surface area (Å²) in [7, 11) is -1.09. The molecular weight excluding hydrogens is 489 g/mol. The van der Waals surface area contributed by atoms with Crippen LogP contribution < -0.4 is 19.1 Å². The summed E-state index contributed by atoms with van der Waals surface area (Å²) in [5.41, 5.74) is 0.730. The minimum absolute atomic E-state index is 0.0223. The number of amides is 2. The third kappa shape index (κ3) is 7.58. The van der Waals surface area contributed by atoms with Crippen LogP contribution in [0.15, 0.2) is 42.5 Å². The van der Waals surface area contributed by atoms with Crippen LogP contribution in [0, 0.1) is 5.82 Å². The van der Waals surface area contributed by atoms with Gasteiger partial charge in [0.25, 0.3) is 0 Å². The van der Waals surface area contributed by atoms with E-state index < -0.39 is 34.3 Å². The number of nitrogens with one attached hydrogen (secondary N) is 1. The second-order valence-corrected chi connectivity index (χ2v) is 10.4. The maximum Gasteiger partial charge on any atom is 0.244 e. The summed E-state index contributed by atoms with van der Waals surface area (Å²) in [6.45, 7) is 4.73. The molecular formula is C25H34FN3O6S. The van der Waals surface area contributed by atoms with Crippen molar-refractivity contribution in [3.8, 4) is 11.5 Å². The van der Waals surface area contributed by atoms with E-state index in [0.29, 0.717) is 17.7 Å². The van der Waals surface area contributed by atoms with E-state index in [1.54, 1.807) is 13.0 Å². The molecule has 0 radical (unpaired) electrons. The Balaban J connectivity index is 2.45. The summed E-state index contributed by atoms with van der Waals surface area (Å²) in [6.07, 6.45) is 1.68. The van der Waals surface area contributed by atoms with Crippen molar-refractivity contribution in [2.24, 2.45) is 0 Å². The number of hydrogen-bond donors (Lipinski definition) is 1. The molecule has 11 heteroatoms. The highest BCUT2D eigenvalue weighted by Crippen LogP contribution is 2.33. The van der Waals surface area contributed by atoms with Gasteiger partial charge < -0.3 is 19.7 Å². The zero-order chi connectivity index (χ0) is 27.0. The minimum Gasteiger partial charge on any atom is -0.497 e. The largest absolute Gasteiger partial charge is 0.497 e. The number of benzene rings is 2. The van der Waals surface area contributed by atoms with Gasteiger partial charge in [0.15, 0.2) is 0 Å². The molecule has 2 amide bonds. The number of rotatable bonds is 12. The molecule has 9 nitrogen and oxygen atoms in total. The number of halogens is 1. The number of anilines is 1. The van der Waals surface area contributed by atoms with Gasteiger partial charge >= 0.3 is 0 Å². The van der Waals surface area contributed by atoms with E-state index in [1.165, 1.54) is 55.5 Å². The molecule has 0 saturated carbocycles. The number of hydrogen-bond acceptors (Lipinski definition) is 6. The molecule has 1 N–H and O–H groups in total. The fourth-order valence-corrected chi connectivity index (χ4v) is 4.27. The van der Waals surface area contributed by atoms with Crippen LogP contribution in [-0.2, 0) is 26.2 Å². The van der Waals surface area contributed by atoms with Gasteiger partial charge in [-0.3, -0.25) is 13.9 Å². The summed E-state index contributed by atoms with van der Waals surface area (Å²) in [5.74, 6) is -0.792. The predicted molar refractivity (Wildman–Crippen MR) is 136 cm³/mol. The molecule has 0 aliphatic carbocycles. The first kappa shape index (κ1) is 28.9. The van der Waals surface area contributed by atoms with Gasteiger partial charge in [0.2, 0.25) is 21.8 Å². The standard InChI is InChI=1S/C25H34FN3O6S/c1-7-17(2)27-25(31)18(3)28(15-19-8-10-20(26)11-9-19)24(30)16-29(36(6,32)33)22-13-12-21(34-4)14-23(22)35-5/h8-14,17-18H,7,15-16H2,1-6H3,(H,27,31)/t17-,18+/m1/s1. The van der Waals surface area contributed by atoms with Crippen molar-refractivity contribution in [2.75, 3.05) is 31.3 Å². The van der Waals surface area contributed by atoms with Gasteiger partial charge in [0.1, 0.15) is 29.9 Å². The first-order chi connectivity index (χ1) is 16.9. The molecule has 0 spiro atoms. The molecule has 0 aliphatic rings. The van der Waals surface area contributed by atoms with Crippen molar-refractivity contribution in [2.45, 2.75) is 45.8 Å². The Labute approximate surface area is 212 Å². The maximum atomic E-state index is 13.6. The molecule has 0 unspecified atom stereocenters. The lowest BCUT2D eigenvalue weighted by Crippen LogP contribution is -2.52. The number of sulfonamides is 1. The Hall–Kier alpha value is -3.34. The lowest BCUT2D eigenvalue weighted by molar-refractivity contribution is -0.139. The van der Waals surface area contributed by atoms with Gasteiger partial charge in [-0.15, -0.1) is 0 Å². The monoisotopic (exact) mass is 523 g/mol. The highest BCUT2D eigenvalue weighted by Gasteiger charge is 2.31. The van der Waals surface area contributed by atoms with Crippen molar-refractivity contribution in [1.82, 2.24) is 10.2 Å². The van der Waals surface area contributed by atoms with Crippen molar-refractivity contribution >= 4 is 27.5 Å². The van der Waals surface area contributed by atoms with Gasteiger partial charge in [-0.05, 0) is 50.1 Å². The molecule has 0 heterocycles. The topological polar surface area (TPSA) is 105 Å². The highest BCUT2D eigenvalue weighted by atomic mass is 32.2. The van der Waals surface area contributed by atoms with Crippen LogP contribution in [0.3, 0.4) is 0 Å². The molecule has 0 fully saturated rings. The molecule has 2 aromatic carbocycles. The van der Waals surface area contributed by atoms with E-state index in [9.17, 15) is 22.4 Å². The number of methoxy groups -OCH3 is 2. The molecule has 0 bridgehead atoms. The first-order valence-corrected chi connectivity index (χ1v) is 13.3. The van der Waals surface area contributed by atoms with Crippen molar-refractivity contribution in [1.29, 1.82) is 0 Å². The SMILES string of the molecule is CC[C@@H](C)NC(=O)[C@H](C)N(Cc1ccc(F)cc1)C(=O)CN(c1ccc(OC)cc1OC)S(C)(=O)=O. The third-order valence-corrected chi connectivity index (χ3v) is 6.90. The molecule has 0 aromatic heterocycles. The van der Waals surface area contributed by atoms with Crippen LogP contribution >= 0.6 is 0 Å². The smallest absolute Gasteiger partial charge is 0.244 e. The van der Waals surface area contributed by atoms with Crippen LogP contribution in [0.5, 0.6) is 11.5 Å². The molecule has 2 aromatic rings. The zero-order valence-corrected chi connectivity index (χ0v) is 22.3. The van der Waals surface area contributed by atoms with Crippen LogP contribution in [-0.4, -0.2) is 64.2 Å². The minimum atomic E-state index is -3.93. The summed E-state index contributed by atoms with van der Waals surface area (Å²) in [6, 6.07) is 9.05. The highest BCUT2D eigenvalue weighted by molar-refractivity contribution is 7.92. The summed E-state index contributed by atoms with van der Waals surface area (Å²) < 4.78 is 50.4. The van der Waals surface area contributed by atoms with E-state index in [-0.39, 0.29) is 29.9 Å². The average molecular weight is 524 g/mol. The van der Waals surface area contributed by atoms with E-state index in [0.717, 1.165) is 10.6 Å². The maximum absolute atomic E-state index is 13.6. The quantitative estimate of drug-likeness (QED) is 0.459. The second kappa shape index (κ2) is 12.6. The van der Waals surface area contributed by atoms with E-state index >= 15 is 0 Å². The Morgan fingerprint density at radius 2 is 1.69 bits per heavy atom. The lowest BCUT2D eigenvalue weighted by atomic mass is 10.1. The molecule has 36 heavy (non-hydrogen) atoms. The zero-order valence-electron chi connectivity index (χ0n) is 21.4. The van der Waals surface area contributed by atoms with Crippen LogP contribution in [0.2, 0.25) is 0 Å². The van der Waals surface area contributed by atoms with E-state index in [4.69, 9.17) is 9.47 Å². The van der Waals surface area contributed by atoms with Gasteiger partial charge in [0, 0.05) is 18.7 Å². The van der Waals surface area contributed by atoms with Gasteiger partial charge in [-0.2, -0.15) is 0 Å². The Kier molecular flexibility index (Phi) is 10.1. The molecule has 0 saturated heterocycles. The Bertz CT molecular complexity index is 1160. The van der Waals surface area contributed by atoms with Crippen molar-refractivity contribution in [3.63, 3.8) is 0 Å². The number of ether oxygens (including phenoxy) is 2. The van der Waals surface area contributed by atoms with Crippen LogP contribution in [0.4, 0.5) is 10.1 Å². The fraction of sp³-hybridized carbons (Fsp3) is 0.440. The Morgan fingerprint density at radius 1 is 1.06 bits per heavy atom. The predicted octanol–water partition coefficient (Wildman–Crippen LogP) is 2.94. The number of carbonyl (C=O) groups excluding carboxylic acids is 2. The normalized spacial score (nSPS) is 12.9. The Morgan fingerprint density at radius 3 is 2.22 bits per heavy atom. The van der Waals surface area contributed by atoms with Gasteiger partial charge in [-0.25, -0.2) is 12.8 Å². The third-order valence-electron chi connectivity index (χ3n) is 5.77. The molecule has 2 rings (SSSR count). The second-order valence-electron chi connectivity index (χ2n) is 8.45. The van der Waals surface area contributed by atoms with Crippen molar-refractivity contribution in [3.05, 3.63) is 53.8 Å². The number of carbonyl (C=O) groups is 2. The van der Waals surface area contributed by atoms with Gasteiger partial charge in [-0.1, -0.05) is 19.1 Å². The van der Waals surface area contributed by atoms with Gasteiger partial charge in [0.05, 0.1) is 26.2 Å². The fourth-order valence-electron chi connectivity index (χ4n) is 3.42. The van der Waals surface area contributed by atoms with E-state index in [2.05, 4.69) is 5.32 Å². The number of nitrogens with zero attached hydrogens (tertiary/aromatic N) is 2. The lowest BCUT2D eigenvalue weighted by Gasteiger charge is -2.32. The summed E-state index contributed by atoms with van der Waals surface area (Å²) in [5, 5.41) is 2.85. The summed E-state index contributed by atoms with van der Waals surface area (Å²) >= 11 is 0. The van der Waals surface area contributed by atoms with Crippen LogP contribution in [0.25, 0.3) is 0 Å². The molecule has 0 aliphatic heterocycles. The molecule has 2 atom stereocenters. The van der Waals surface area contributed by atoms with Crippen molar-refractivity contribution < 1.29 is 31.9 Å². The summed E-state index contributed by atoms with van der Waals surface area (Å²) in [4.78, 5) is 27.7. The average Bonchev–Trinajstić information content (AvgIpc) is 2.85.